The molecule has 0 aliphatic rings. The molecule has 2 heterocycles. The van der Waals surface area contributed by atoms with Gasteiger partial charge in [-0.1, -0.05) is 17.6 Å². The summed E-state index contributed by atoms with van der Waals surface area (Å²) in [6.07, 6.45) is -2.58. The zero-order chi connectivity index (χ0) is 24.9. The summed E-state index contributed by atoms with van der Waals surface area (Å²) in [6.45, 7) is 1.64. The molecule has 180 valence electrons. The minimum Gasteiger partial charge on any atom is -0.496 e. The highest BCUT2D eigenvalue weighted by Crippen LogP contribution is 2.33. The van der Waals surface area contributed by atoms with Crippen molar-refractivity contribution < 1.29 is 31.5 Å². The molecule has 3 rings (SSSR count). The summed E-state index contributed by atoms with van der Waals surface area (Å²) < 4.78 is 74.0. The Bertz CT molecular complexity index is 1230. The number of nitrogens with zero attached hydrogens (tertiary/aromatic N) is 3. The van der Waals surface area contributed by atoms with E-state index in [1.165, 1.54) is 31.5 Å². The third kappa shape index (κ3) is 6.34. The number of pyridine rings is 2. The topological polar surface area (TPSA) is 76.5 Å². The van der Waals surface area contributed by atoms with Crippen molar-refractivity contribution in [3.8, 4) is 16.9 Å². The molecular weight excluding hydrogens is 479 g/mol. The van der Waals surface area contributed by atoms with Crippen LogP contribution in [0.5, 0.6) is 5.75 Å². The maximum atomic E-state index is 14.5. The number of carbonyl (C=O) groups excluding carboxylic acids is 1. The SMILES string of the molecule is CC/S(Cc1ccnc(Nc2cc(-c3ccc(F)cc3OC)c(F)cn2)c1)=N\C(=O)C(F)(F)F. The van der Waals surface area contributed by atoms with Gasteiger partial charge in [0.25, 0.3) is 0 Å². The Hall–Kier alpha value is -3.41. The summed E-state index contributed by atoms with van der Waals surface area (Å²) in [5, 5.41) is 2.91. The fraction of sp³-hybridized carbons (Fsp3) is 0.227. The highest BCUT2D eigenvalue weighted by atomic mass is 32.2. The van der Waals surface area contributed by atoms with E-state index in [1.54, 1.807) is 19.1 Å². The van der Waals surface area contributed by atoms with Crippen LogP contribution >= 0.6 is 0 Å². The van der Waals surface area contributed by atoms with Gasteiger partial charge in [0.05, 0.1) is 13.3 Å². The van der Waals surface area contributed by atoms with Gasteiger partial charge in [-0.25, -0.2) is 18.7 Å². The van der Waals surface area contributed by atoms with Crippen LogP contribution in [0.15, 0.2) is 53.2 Å². The minimum atomic E-state index is -5.01. The van der Waals surface area contributed by atoms with E-state index < -0.39 is 34.4 Å². The van der Waals surface area contributed by atoms with Gasteiger partial charge in [-0.15, -0.1) is 0 Å². The van der Waals surface area contributed by atoms with E-state index in [9.17, 15) is 26.7 Å². The van der Waals surface area contributed by atoms with E-state index in [4.69, 9.17) is 4.74 Å². The third-order valence-corrected chi connectivity index (χ3v) is 6.27. The lowest BCUT2D eigenvalue weighted by Gasteiger charge is -2.12. The Morgan fingerprint density at radius 3 is 2.50 bits per heavy atom. The lowest BCUT2D eigenvalue weighted by molar-refractivity contribution is -0.169. The highest BCUT2D eigenvalue weighted by molar-refractivity contribution is 7.86. The molecule has 6 nitrogen and oxygen atoms in total. The second-order valence-corrected chi connectivity index (χ2v) is 8.83. The molecule has 0 bridgehead atoms. The number of hydrogen-bond donors (Lipinski definition) is 1. The van der Waals surface area contributed by atoms with Crippen LogP contribution in [0.25, 0.3) is 11.1 Å². The monoisotopic (exact) mass is 498 g/mol. The van der Waals surface area contributed by atoms with Crippen molar-refractivity contribution in [2.75, 3.05) is 18.2 Å². The lowest BCUT2D eigenvalue weighted by atomic mass is 10.0. The number of amides is 1. The molecule has 0 aliphatic heterocycles. The first-order chi connectivity index (χ1) is 16.1. The van der Waals surface area contributed by atoms with E-state index in [0.29, 0.717) is 16.9 Å². The van der Waals surface area contributed by atoms with Gasteiger partial charge in [0.1, 0.15) is 29.0 Å². The molecule has 1 atom stereocenters. The largest absolute Gasteiger partial charge is 0.496 e. The Morgan fingerprint density at radius 1 is 1.09 bits per heavy atom. The number of rotatable bonds is 7. The summed E-state index contributed by atoms with van der Waals surface area (Å²) in [5.41, 5.74) is 1.03. The zero-order valence-corrected chi connectivity index (χ0v) is 18.8. The highest BCUT2D eigenvalue weighted by Gasteiger charge is 2.38. The van der Waals surface area contributed by atoms with Crippen molar-refractivity contribution in [3.05, 3.63) is 66.0 Å². The average Bonchev–Trinajstić information content (AvgIpc) is 2.79. The number of halogens is 5. The van der Waals surface area contributed by atoms with Gasteiger partial charge in [-0.05, 0) is 35.9 Å². The van der Waals surface area contributed by atoms with Crippen molar-refractivity contribution in [3.63, 3.8) is 0 Å². The Balaban J connectivity index is 1.85. The Labute approximate surface area is 194 Å². The summed E-state index contributed by atoms with van der Waals surface area (Å²) in [4.78, 5) is 19.3. The molecule has 3 aromatic rings. The number of benzene rings is 1. The molecule has 0 spiro atoms. The standard InChI is InChI=1S/C22H19F5N4O2S/c1-3-34(31-21(32)22(25,26)27)12-13-6-7-28-19(8-13)30-20-10-16(17(24)11-29-20)15-5-4-14(23)9-18(15)33-2/h4-11H,3,12H2,1-2H3,(H,28,29,30). The number of hydrogen-bond acceptors (Lipinski definition) is 5. The first-order valence-corrected chi connectivity index (χ1v) is 11.3. The molecule has 12 heteroatoms. The number of carbonyl (C=O) groups is 1. The number of anilines is 2. The summed E-state index contributed by atoms with van der Waals surface area (Å²) in [5.74, 6) is -2.26. The predicted octanol–water partition coefficient (Wildman–Crippen LogP) is 5.58. The molecule has 1 aromatic carbocycles. The van der Waals surface area contributed by atoms with Crippen LogP contribution < -0.4 is 10.1 Å². The maximum absolute atomic E-state index is 14.5. The molecule has 0 saturated carbocycles. The van der Waals surface area contributed by atoms with Crippen molar-refractivity contribution in [2.24, 2.45) is 4.36 Å². The normalized spacial score (nSPS) is 12.4. The number of ether oxygens (including phenoxy) is 1. The molecule has 0 aliphatic carbocycles. The van der Waals surface area contributed by atoms with E-state index in [-0.39, 0.29) is 28.6 Å². The van der Waals surface area contributed by atoms with Gasteiger partial charge >= 0.3 is 12.1 Å². The van der Waals surface area contributed by atoms with Gasteiger partial charge in [0, 0.05) is 34.9 Å². The van der Waals surface area contributed by atoms with Crippen molar-refractivity contribution in [1.82, 2.24) is 9.97 Å². The van der Waals surface area contributed by atoms with Gasteiger partial charge in [-0.3, -0.25) is 4.79 Å². The molecule has 1 N–H and O–H groups in total. The summed E-state index contributed by atoms with van der Waals surface area (Å²) in [6, 6.07) is 8.26. The molecular formula is C22H19F5N4O2S. The van der Waals surface area contributed by atoms with Crippen molar-refractivity contribution in [2.45, 2.75) is 18.9 Å². The Kier molecular flexibility index (Phi) is 7.92. The van der Waals surface area contributed by atoms with E-state index >= 15 is 0 Å². The van der Waals surface area contributed by atoms with Crippen LogP contribution in [0.4, 0.5) is 33.6 Å². The minimum absolute atomic E-state index is 0.113. The van der Waals surface area contributed by atoms with Crippen LogP contribution in [-0.4, -0.2) is 34.9 Å². The molecule has 0 fully saturated rings. The van der Waals surface area contributed by atoms with E-state index in [0.717, 1.165) is 12.3 Å². The molecule has 0 radical (unpaired) electrons. The molecule has 1 amide bonds. The first-order valence-electron chi connectivity index (χ1n) is 9.82. The number of alkyl halides is 3. The molecule has 1 unspecified atom stereocenters. The third-order valence-electron chi connectivity index (χ3n) is 4.51. The summed E-state index contributed by atoms with van der Waals surface area (Å²) in [7, 11) is 0.177. The van der Waals surface area contributed by atoms with Gasteiger partial charge in [0.2, 0.25) is 0 Å². The van der Waals surface area contributed by atoms with E-state index in [2.05, 4.69) is 19.6 Å². The molecule has 0 saturated heterocycles. The number of aromatic nitrogens is 2. The van der Waals surface area contributed by atoms with Crippen LogP contribution in [0, 0.1) is 11.6 Å². The van der Waals surface area contributed by atoms with Crippen LogP contribution in [-0.2, 0) is 21.2 Å². The molecule has 34 heavy (non-hydrogen) atoms. The van der Waals surface area contributed by atoms with Crippen molar-refractivity contribution in [1.29, 1.82) is 0 Å². The van der Waals surface area contributed by atoms with Gasteiger partial charge in [-0.2, -0.15) is 17.5 Å². The fourth-order valence-corrected chi connectivity index (χ4v) is 4.23. The second kappa shape index (κ2) is 10.7. The van der Waals surface area contributed by atoms with Crippen LogP contribution in [0.2, 0.25) is 0 Å². The average molecular weight is 498 g/mol. The summed E-state index contributed by atoms with van der Waals surface area (Å²) >= 11 is 0. The fourth-order valence-electron chi connectivity index (χ4n) is 2.92. The zero-order valence-electron chi connectivity index (χ0n) is 18.0. The quantitative estimate of drug-likeness (QED) is 0.430. The van der Waals surface area contributed by atoms with Gasteiger partial charge in [0.15, 0.2) is 0 Å². The first kappa shape index (κ1) is 25.2. The number of nitrogens with one attached hydrogen (secondary N) is 1. The molecule has 2 aromatic heterocycles. The predicted molar refractivity (Wildman–Crippen MR) is 119 cm³/mol. The van der Waals surface area contributed by atoms with Gasteiger partial charge < -0.3 is 10.1 Å². The van der Waals surface area contributed by atoms with Crippen molar-refractivity contribution >= 4 is 28.2 Å². The lowest BCUT2D eigenvalue weighted by Crippen LogP contribution is -2.21. The second-order valence-electron chi connectivity index (χ2n) is 6.86. The Morgan fingerprint density at radius 2 is 1.82 bits per heavy atom. The van der Waals surface area contributed by atoms with Crippen LogP contribution in [0.3, 0.4) is 0 Å². The smallest absolute Gasteiger partial charge is 0.474 e. The number of methoxy groups -OCH3 is 1. The van der Waals surface area contributed by atoms with E-state index in [1.807, 2.05) is 0 Å². The maximum Gasteiger partial charge on any atom is 0.474 e. The van der Waals surface area contributed by atoms with Crippen LogP contribution in [0.1, 0.15) is 12.5 Å².